The maximum Gasteiger partial charge on any atom is 0.344 e. The third-order valence-corrected chi connectivity index (χ3v) is 4.04. The van der Waals surface area contributed by atoms with Gasteiger partial charge in [0.05, 0.1) is 11.5 Å². The topological polar surface area (TPSA) is 104 Å². The fraction of sp³-hybridized carbons (Fsp3) is 0.400. The molecule has 2 rings (SSSR count). The standard InChI is InChI=1S/C20H25N3O5/c1-15-6-7-16(2)18(12-15)28-14-20(24)27-11-5-3-4-10-21-19-9-8-17(13-22-19)23(25)26/h6-9,12-13H,3-5,10-11,14H2,1-2H3,(H,21,22). The molecule has 0 saturated carbocycles. The molecule has 0 unspecified atom stereocenters. The molecule has 8 nitrogen and oxygen atoms in total. The van der Waals surface area contributed by atoms with Crippen LogP contribution in [0.1, 0.15) is 30.4 Å². The predicted molar refractivity (Wildman–Crippen MR) is 106 cm³/mol. The van der Waals surface area contributed by atoms with Gasteiger partial charge >= 0.3 is 5.97 Å². The molecule has 0 saturated heterocycles. The molecular weight excluding hydrogens is 362 g/mol. The quantitative estimate of drug-likeness (QED) is 0.271. The molecule has 2 aromatic rings. The van der Waals surface area contributed by atoms with Gasteiger partial charge in [-0.1, -0.05) is 12.1 Å². The minimum absolute atomic E-state index is 0.0334. The summed E-state index contributed by atoms with van der Waals surface area (Å²) in [7, 11) is 0. The number of hydrogen-bond acceptors (Lipinski definition) is 7. The number of benzene rings is 1. The van der Waals surface area contributed by atoms with Gasteiger partial charge in [0.15, 0.2) is 6.61 Å². The highest BCUT2D eigenvalue weighted by Gasteiger charge is 2.07. The Morgan fingerprint density at radius 1 is 1.18 bits per heavy atom. The van der Waals surface area contributed by atoms with Crippen LogP contribution in [0.15, 0.2) is 36.5 Å². The molecule has 0 aliphatic heterocycles. The highest BCUT2D eigenvalue weighted by molar-refractivity contribution is 5.71. The third-order valence-electron chi connectivity index (χ3n) is 4.04. The summed E-state index contributed by atoms with van der Waals surface area (Å²) in [5, 5.41) is 13.7. The summed E-state index contributed by atoms with van der Waals surface area (Å²) >= 11 is 0. The Kier molecular flexibility index (Phi) is 8.20. The van der Waals surface area contributed by atoms with Crippen molar-refractivity contribution in [2.75, 3.05) is 25.1 Å². The van der Waals surface area contributed by atoms with Crippen molar-refractivity contribution in [3.8, 4) is 5.75 Å². The molecule has 1 aromatic carbocycles. The first-order valence-electron chi connectivity index (χ1n) is 9.15. The lowest BCUT2D eigenvalue weighted by Gasteiger charge is -2.10. The predicted octanol–water partition coefficient (Wildman–Crippen LogP) is 3.81. The average molecular weight is 387 g/mol. The largest absolute Gasteiger partial charge is 0.482 e. The van der Waals surface area contributed by atoms with Crippen LogP contribution >= 0.6 is 0 Å². The number of hydrogen-bond donors (Lipinski definition) is 1. The van der Waals surface area contributed by atoms with E-state index in [0.29, 0.717) is 24.7 Å². The Labute approximate surface area is 164 Å². The number of pyridine rings is 1. The minimum atomic E-state index is -0.481. The Balaban J connectivity index is 1.53. The maximum absolute atomic E-state index is 11.7. The molecule has 0 radical (unpaired) electrons. The summed E-state index contributed by atoms with van der Waals surface area (Å²) < 4.78 is 10.7. The van der Waals surface area contributed by atoms with E-state index in [4.69, 9.17) is 9.47 Å². The number of aromatic nitrogens is 1. The van der Waals surface area contributed by atoms with E-state index in [1.54, 1.807) is 6.07 Å². The molecule has 1 N–H and O–H groups in total. The van der Waals surface area contributed by atoms with Crippen LogP contribution in [0.3, 0.4) is 0 Å². The van der Waals surface area contributed by atoms with Crippen LogP contribution in [0.25, 0.3) is 0 Å². The van der Waals surface area contributed by atoms with E-state index in [9.17, 15) is 14.9 Å². The molecule has 0 fully saturated rings. The smallest absolute Gasteiger partial charge is 0.344 e. The van der Waals surface area contributed by atoms with Crippen molar-refractivity contribution in [1.29, 1.82) is 0 Å². The van der Waals surface area contributed by atoms with E-state index < -0.39 is 4.92 Å². The summed E-state index contributed by atoms with van der Waals surface area (Å²) in [4.78, 5) is 25.8. The van der Waals surface area contributed by atoms with Crippen molar-refractivity contribution < 1.29 is 19.2 Å². The van der Waals surface area contributed by atoms with Crippen molar-refractivity contribution in [2.45, 2.75) is 33.1 Å². The van der Waals surface area contributed by atoms with Gasteiger partial charge in [0.2, 0.25) is 0 Å². The summed E-state index contributed by atoms with van der Waals surface area (Å²) in [6.45, 7) is 4.84. The lowest BCUT2D eigenvalue weighted by Crippen LogP contribution is -2.16. The highest BCUT2D eigenvalue weighted by Crippen LogP contribution is 2.19. The Hall–Kier alpha value is -3.16. The molecule has 1 heterocycles. The highest BCUT2D eigenvalue weighted by atomic mass is 16.6. The molecule has 0 amide bonds. The zero-order valence-electron chi connectivity index (χ0n) is 16.1. The average Bonchev–Trinajstić information content (AvgIpc) is 2.68. The van der Waals surface area contributed by atoms with Gasteiger partial charge in [-0.3, -0.25) is 10.1 Å². The number of anilines is 1. The molecule has 0 atom stereocenters. The van der Waals surface area contributed by atoms with E-state index in [2.05, 4.69) is 10.3 Å². The Bertz CT molecular complexity index is 793. The lowest BCUT2D eigenvalue weighted by molar-refractivity contribution is -0.385. The Morgan fingerprint density at radius 2 is 2.00 bits per heavy atom. The van der Waals surface area contributed by atoms with Gasteiger partial charge in [-0.15, -0.1) is 0 Å². The summed E-state index contributed by atoms with van der Waals surface area (Å²) in [6, 6.07) is 8.84. The SMILES string of the molecule is Cc1ccc(C)c(OCC(=O)OCCCCCNc2ccc([N+](=O)[O-])cn2)c1. The number of carbonyl (C=O) groups is 1. The molecule has 1 aromatic heterocycles. The number of aryl methyl sites for hydroxylation is 2. The number of carbonyl (C=O) groups excluding carboxylic acids is 1. The lowest BCUT2D eigenvalue weighted by atomic mass is 10.1. The zero-order valence-corrected chi connectivity index (χ0v) is 16.1. The van der Waals surface area contributed by atoms with Gasteiger partial charge < -0.3 is 14.8 Å². The first kappa shape index (κ1) is 21.1. The molecule has 28 heavy (non-hydrogen) atoms. The number of nitrogens with one attached hydrogen (secondary N) is 1. The van der Waals surface area contributed by atoms with E-state index in [1.165, 1.54) is 12.3 Å². The normalized spacial score (nSPS) is 10.4. The first-order valence-corrected chi connectivity index (χ1v) is 9.15. The van der Waals surface area contributed by atoms with Crippen LogP contribution in [0.5, 0.6) is 5.75 Å². The van der Waals surface area contributed by atoms with Crippen LogP contribution < -0.4 is 10.1 Å². The van der Waals surface area contributed by atoms with Gasteiger partial charge in [-0.2, -0.15) is 0 Å². The van der Waals surface area contributed by atoms with Crippen LogP contribution in [0.4, 0.5) is 11.5 Å². The molecule has 8 heteroatoms. The number of ether oxygens (including phenoxy) is 2. The molecule has 150 valence electrons. The Morgan fingerprint density at radius 3 is 2.71 bits per heavy atom. The molecule has 0 aliphatic rings. The molecule has 0 bridgehead atoms. The van der Waals surface area contributed by atoms with Gasteiger partial charge in [0.25, 0.3) is 5.69 Å². The van der Waals surface area contributed by atoms with Crippen molar-refractivity contribution in [2.24, 2.45) is 0 Å². The van der Waals surface area contributed by atoms with Gasteiger partial charge in [0.1, 0.15) is 17.8 Å². The van der Waals surface area contributed by atoms with Gasteiger partial charge in [-0.05, 0) is 56.4 Å². The second kappa shape index (κ2) is 10.9. The van der Waals surface area contributed by atoms with Crippen molar-refractivity contribution in [3.05, 3.63) is 57.8 Å². The number of rotatable bonds is 11. The summed E-state index contributed by atoms with van der Waals surface area (Å²) in [5.74, 6) is 0.914. The number of esters is 1. The van der Waals surface area contributed by atoms with Gasteiger partial charge in [-0.25, -0.2) is 9.78 Å². The van der Waals surface area contributed by atoms with Crippen molar-refractivity contribution in [3.63, 3.8) is 0 Å². The van der Waals surface area contributed by atoms with Crippen LogP contribution in [0, 0.1) is 24.0 Å². The fourth-order valence-electron chi connectivity index (χ4n) is 2.45. The molecule has 0 spiro atoms. The van der Waals surface area contributed by atoms with E-state index in [0.717, 1.165) is 30.4 Å². The summed E-state index contributed by atoms with van der Waals surface area (Å²) in [5.41, 5.74) is 2.02. The third kappa shape index (κ3) is 7.22. The van der Waals surface area contributed by atoms with E-state index >= 15 is 0 Å². The number of nitro groups is 1. The van der Waals surface area contributed by atoms with Crippen molar-refractivity contribution in [1.82, 2.24) is 4.98 Å². The van der Waals surface area contributed by atoms with Crippen LogP contribution in [-0.2, 0) is 9.53 Å². The maximum atomic E-state index is 11.7. The van der Waals surface area contributed by atoms with Crippen LogP contribution in [-0.4, -0.2) is 35.6 Å². The molecule has 0 aliphatic carbocycles. The molecular formula is C20H25N3O5. The van der Waals surface area contributed by atoms with E-state index in [1.807, 2.05) is 32.0 Å². The van der Waals surface area contributed by atoms with Crippen molar-refractivity contribution >= 4 is 17.5 Å². The van der Waals surface area contributed by atoms with E-state index in [-0.39, 0.29) is 18.3 Å². The monoisotopic (exact) mass is 387 g/mol. The second-order valence-corrected chi connectivity index (χ2v) is 6.42. The van der Waals surface area contributed by atoms with Crippen LogP contribution in [0.2, 0.25) is 0 Å². The first-order chi connectivity index (χ1) is 13.5. The zero-order chi connectivity index (χ0) is 20.4. The number of unbranched alkanes of at least 4 members (excludes halogenated alkanes) is 2. The number of nitrogens with zero attached hydrogens (tertiary/aromatic N) is 2. The summed E-state index contributed by atoms with van der Waals surface area (Å²) in [6.07, 6.45) is 3.73. The minimum Gasteiger partial charge on any atom is -0.482 e. The second-order valence-electron chi connectivity index (χ2n) is 6.42. The van der Waals surface area contributed by atoms with Gasteiger partial charge in [0, 0.05) is 12.6 Å². The fourth-order valence-corrected chi connectivity index (χ4v) is 2.45.